The van der Waals surface area contributed by atoms with Gasteiger partial charge in [-0.1, -0.05) is 11.2 Å². The van der Waals surface area contributed by atoms with Crippen molar-refractivity contribution in [1.29, 1.82) is 0 Å². The molecule has 172 valence electrons. The quantitative estimate of drug-likeness (QED) is 0.384. The first-order chi connectivity index (χ1) is 15.7. The van der Waals surface area contributed by atoms with Crippen molar-refractivity contribution in [1.82, 2.24) is 14.9 Å². The fourth-order valence-corrected chi connectivity index (χ4v) is 4.48. The molecule has 3 heterocycles. The molecule has 0 bridgehead atoms. The molecule has 1 aromatic carbocycles. The van der Waals surface area contributed by atoms with Gasteiger partial charge in [0, 0.05) is 17.7 Å². The topological polar surface area (TPSA) is 149 Å². The second-order valence-electron chi connectivity index (χ2n) is 7.02. The summed E-state index contributed by atoms with van der Waals surface area (Å²) in [7, 11) is -3.89. The van der Waals surface area contributed by atoms with Crippen molar-refractivity contribution >= 4 is 38.8 Å². The number of anilines is 2. The molecule has 1 amide bonds. The summed E-state index contributed by atoms with van der Waals surface area (Å²) in [5.41, 5.74) is 1.58. The van der Waals surface area contributed by atoms with Crippen LogP contribution >= 0.6 is 11.3 Å². The van der Waals surface area contributed by atoms with E-state index in [0.717, 1.165) is 4.68 Å². The molecule has 0 radical (unpaired) electrons. The average molecular weight is 490 g/mol. The molecule has 13 heteroatoms. The van der Waals surface area contributed by atoms with E-state index in [1.165, 1.54) is 35.6 Å². The number of aryl methyl sites for hydroxylation is 2. The summed E-state index contributed by atoms with van der Waals surface area (Å²) in [5, 5.41) is 12.3. The lowest BCUT2D eigenvalue weighted by atomic mass is 10.3. The first kappa shape index (κ1) is 22.5. The SMILES string of the molecule is Cc1noc(NS(=O)(=O)c2ccc(NC(=O)CCn3nc(-c4cccs4)oc3=O)cc2)c1C. The number of rotatable bonds is 8. The Morgan fingerprint density at radius 1 is 1.18 bits per heavy atom. The number of hydrogen-bond donors (Lipinski definition) is 2. The number of benzene rings is 1. The second-order valence-corrected chi connectivity index (χ2v) is 9.65. The number of hydrogen-bond acceptors (Lipinski definition) is 9. The highest BCUT2D eigenvalue weighted by atomic mass is 32.2. The van der Waals surface area contributed by atoms with Gasteiger partial charge >= 0.3 is 5.76 Å². The number of carbonyl (C=O) groups is 1. The molecule has 0 aliphatic rings. The molecule has 4 aromatic rings. The van der Waals surface area contributed by atoms with Gasteiger partial charge in [-0.25, -0.2) is 17.9 Å². The molecule has 0 aliphatic carbocycles. The Bertz CT molecular complexity index is 1430. The highest BCUT2D eigenvalue weighted by Gasteiger charge is 2.19. The summed E-state index contributed by atoms with van der Waals surface area (Å²) in [6.45, 7) is 3.43. The third kappa shape index (κ3) is 5.04. The number of nitrogens with one attached hydrogen (secondary N) is 2. The summed E-state index contributed by atoms with van der Waals surface area (Å²) in [6, 6.07) is 9.22. The number of aromatic nitrogens is 3. The van der Waals surface area contributed by atoms with Crippen molar-refractivity contribution in [3.63, 3.8) is 0 Å². The Kier molecular flexibility index (Phi) is 6.16. The van der Waals surface area contributed by atoms with Gasteiger partial charge in [-0.05, 0) is 49.6 Å². The maximum absolute atomic E-state index is 12.5. The lowest BCUT2D eigenvalue weighted by Crippen LogP contribution is -2.21. The van der Waals surface area contributed by atoms with Crippen molar-refractivity contribution < 1.29 is 22.2 Å². The van der Waals surface area contributed by atoms with Gasteiger partial charge in [-0.2, -0.15) is 4.68 Å². The summed E-state index contributed by atoms with van der Waals surface area (Å²) in [5.74, 6) is -0.763. The van der Waals surface area contributed by atoms with Crippen molar-refractivity contribution in [2.45, 2.75) is 31.7 Å². The zero-order chi connectivity index (χ0) is 23.6. The van der Waals surface area contributed by atoms with Gasteiger partial charge in [0.15, 0.2) is 0 Å². The molecule has 0 fully saturated rings. The van der Waals surface area contributed by atoms with Crippen LogP contribution in [0.15, 0.2) is 60.4 Å². The Labute approximate surface area is 192 Å². The number of nitrogens with zero attached hydrogens (tertiary/aromatic N) is 3. The molecular weight excluding hydrogens is 470 g/mol. The lowest BCUT2D eigenvalue weighted by Gasteiger charge is -2.08. The van der Waals surface area contributed by atoms with Crippen LogP contribution in [0.25, 0.3) is 10.8 Å². The summed E-state index contributed by atoms with van der Waals surface area (Å²) >= 11 is 1.39. The number of sulfonamides is 1. The maximum atomic E-state index is 12.5. The third-order valence-corrected chi connectivity index (χ3v) is 6.93. The van der Waals surface area contributed by atoms with Gasteiger partial charge in [-0.3, -0.25) is 4.79 Å². The molecule has 0 spiro atoms. The second kappa shape index (κ2) is 9.03. The van der Waals surface area contributed by atoms with Gasteiger partial charge in [0.2, 0.25) is 11.8 Å². The zero-order valence-corrected chi connectivity index (χ0v) is 19.2. The van der Waals surface area contributed by atoms with E-state index >= 15 is 0 Å². The van der Waals surface area contributed by atoms with Crippen LogP contribution in [0.2, 0.25) is 0 Å². The molecule has 0 aliphatic heterocycles. The fourth-order valence-electron chi connectivity index (χ4n) is 2.79. The van der Waals surface area contributed by atoms with E-state index in [4.69, 9.17) is 8.94 Å². The Balaban J connectivity index is 1.35. The third-order valence-electron chi connectivity index (χ3n) is 4.72. The first-order valence-corrected chi connectivity index (χ1v) is 12.1. The van der Waals surface area contributed by atoms with Crippen LogP contribution in [0, 0.1) is 13.8 Å². The smallest absolute Gasteiger partial charge is 0.387 e. The van der Waals surface area contributed by atoms with Gasteiger partial charge < -0.3 is 14.3 Å². The van der Waals surface area contributed by atoms with Gasteiger partial charge in [-0.15, -0.1) is 16.4 Å². The van der Waals surface area contributed by atoms with Crippen molar-refractivity contribution in [2.75, 3.05) is 10.0 Å². The number of amides is 1. The molecule has 3 aromatic heterocycles. The highest BCUT2D eigenvalue weighted by molar-refractivity contribution is 7.92. The summed E-state index contributed by atoms with van der Waals surface area (Å²) < 4.78 is 38.6. The van der Waals surface area contributed by atoms with E-state index in [1.54, 1.807) is 19.9 Å². The molecular formula is C20H19N5O6S2. The van der Waals surface area contributed by atoms with E-state index in [-0.39, 0.29) is 35.5 Å². The fraction of sp³-hybridized carbons (Fsp3) is 0.200. The van der Waals surface area contributed by atoms with Gasteiger partial charge in [0.1, 0.15) is 0 Å². The maximum Gasteiger partial charge on any atom is 0.437 e. The van der Waals surface area contributed by atoms with Crippen LogP contribution in [-0.4, -0.2) is 29.3 Å². The van der Waals surface area contributed by atoms with Gasteiger partial charge in [0.25, 0.3) is 15.9 Å². The number of carbonyl (C=O) groups excluding carboxylic acids is 1. The Hall–Kier alpha value is -3.71. The monoisotopic (exact) mass is 489 g/mol. The lowest BCUT2D eigenvalue weighted by molar-refractivity contribution is -0.116. The van der Waals surface area contributed by atoms with E-state index in [9.17, 15) is 18.0 Å². The summed E-state index contributed by atoms with van der Waals surface area (Å²) in [6.07, 6.45) is -0.0257. The van der Waals surface area contributed by atoms with E-state index in [2.05, 4.69) is 20.3 Å². The van der Waals surface area contributed by atoms with Crippen molar-refractivity contribution in [2.24, 2.45) is 0 Å². The standard InChI is InChI=1S/C20H19N5O6S2/c1-12-13(2)23-31-18(12)24-33(28,29)15-7-5-14(6-8-15)21-17(26)9-10-25-20(27)30-19(22-25)16-4-3-11-32-16/h3-8,11,24H,9-10H2,1-2H3,(H,21,26). The minimum Gasteiger partial charge on any atom is -0.387 e. The number of thiophene rings is 1. The molecule has 0 saturated heterocycles. The summed E-state index contributed by atoms with van der Waals surface area (Å²) in [4.78, 5) is 24.9. The predicted molar refractivity (Wildman–Crippen MR) is 121 cm³/mol. The molecule has 11 nitrogen and oxygen atoms in total. The molecule has 4 rings (SSSR count). The molecule has 0 unspecified atom stereocenters. The van der Waals surface area contributed by atoms with Crippen LogP contribution in [0.3, 0.4) is 0 Å². The molecule has 33 heavy (non-hydrogen) atoms. The van der Waals surface area contributed by atoms with Crippen LogP contribution in [0.1, 0.15) is 17.7 Å². The molecule has 0 saturated carbocycles. The minimum atomic E-state index is -3.89. The van der Waals surface area contributed by atoms with Crippen molar-refractivity contribution in [3.8, 4) is 10.8 Å². The molecule has 2 N–H and O–H groups in total. The first-order valence-electron chi connectivity index (χ1n) is 9.70. The van der Waals surface area contributed by atoms with Crippen LogP contribution in [0.5, 0.6) is 0 Å². The van der Waals surface area contributed by atoms with Crippen molar-refractivity contribution in [3.05, 3.63) is 63.6 Å². The zero-order valence-electron chi connectivity index (χ0n) is 17.6. The van der Waals surface area contributed by atoms with E-state index in [1.807, 2.05) is 11.4 Å². The predicted octanol–water partition coefficient (Wildman–Crippen LogP) is 3.00. The van der Waals surface area contributed by atoms with Crippen LogP contribution < -0.4 is 15.8 Å². The van der Waals surface area contributed by atoms with E-state index < -0.39 is 15.8 Å². The minimum absolute atomic E-state index is 0.00999. The van der Waals surface area contributed by atoms with Crippen LogP contribution in [-0.2, 0) is 21.4 Å². The van der Waals surface area contributed by atoms with E-state index in [0.29, 0.717) is 21.8 Å². The van der Waals surface area contributed by atoms with Gasteiger partial charge in [0.05, 0.1) is 22.0 Å². The molecule has 0 atom stereocenters. The Morgan fingerprint density at radius 2 is 1.94 bits per heavy atom. The largest absolute Gasteiger partial charge is 0.437 e. The normalized spacial score (nSPS) is 11.5. The highest BCUT2D eigenvalue weighted by Crippen LogP contribution is 2.23. The average Bonchev–Trinajstić information content (AvgIpc) is 3.50. The van der Waals surface area contributed by atoms with Crippen LogP contribution in [0.4, 0.5) is 11.6 Å². The Morgan fingerprint density at radius 3 is 2.58 bits per heavy atom.